The third-order valence-electron chi connectivity index (χ3n) is 3.82. The summed E-state index contributed by atoms with van der Waals surface area (Å²) in [5.74, 6) is -0.875. The second-order valence-electron chi connectivity index (χ2n) is 5.41. The summed E-state index contributed by atoms with van der Waals surface area (Å²) in [6.07, 6.45) is 3.28. The summed E-state index contributed by atoms with van der Waals surface area (Å²) in [4.78, 5) is 13.7. The number of likely N-dealkylation sites (N-methyl/N-ethyl adjacent to an activating group) is 1. The monoisotopic (exact) mass is 281 g/mol. The lowest BCUT2D eigenvalue weighted by Crippen LogP contribution is -2.42. The molecule has 0 radical (unpaired) electrons. The van der Waals surface area contributed by atoms with Gasteiger partial charge in [0, 0.05) is 13.6 Å². The molecular weight excluding hydrogens is 261 g/mol. The molecule has 0 heterocycles. The lowest BCUT2D eigenvalue weighted by Gasteiger charge is -2.29. The molecule has 1 aromatic carbocycles. The molecule has 0 unspecified atom stereocenters. The largest absolute Gasteiger partial charge is 0.496 e. The summed E-state index contributed by atoms with van der Waals surface area (Å²) in [6, 6.07) is 4.28. The normalized spacial score (nSPS) is 17.0. The van der Waals surface area contributed by atoms with Crippen LogP contribution in [0.25, 0.3) is 0 Å². The smallest absolute Gasteiger partial charge is 0.260 e. The van der Waals surface area contributed by atoms with Crippen LogP contribution in [0.4, 0.5) is 4.39 Å². The van der Waals surface area contributed by atoms with E-state index in [-0.39, 0.29) is 17.9 Å². The summed E-state index contributed by atoms with van der Waals surface area (Å²) in [6.45, 7) is 0.212. The van der Waals surface area contributed by atoms with Gasteiger partial charge in [0.1, 0.15) is 17.1 Å². The maximum Gasteiger partial charge on any atom is 0.260 e. The number of methoxy groups -OCH3 is 1. The van der Waals surface area contributed by atoms with Crippen molar-refractivity contribution in [3.05, 3.63) is 29.6 Å². The number of hydrogen-bond acceptors (Lipinski definition) is 3. The highest BCUT2D eigenvalue weighted by atomic mass is 19.1. The van der Waals surface area contributed by atoms with Crippen LogP contribution in [0, 0.1) is 5.82 Å². The quantitative estimate of drug-likeness (QED) is 0.920. The van der Waals surface area contributed by atoms with Crippen LogP contribution < -0.4 is 4.74 Å². The number of ether oxygens (including phenoxy) is 1. The number of aliphatic hydroxyl groups is 1. The third-order valence-corrected chi connectivity index (χ3v) is 3.82. The van der Waals surface area contributed by atoms with E-state index in [9.17, 15) is 14.3 Å². The Balaban J connectivity index is 2.18. The second kappa shape index (κ2) is 5.79. The standard InChI is InChI=1S/C15H20FNO3/c1-17(10-15(19)8-3-4-9-15)14(18)13-11(16)6-5-7-12(13)20-2/h5-7,19H,3-4,8-10H2,1-2H3. The SMILES string of the molecule is COc1cccc(F)c1C(=O)N(C)CC1(O)CCCC1. The molecule has 0 aromatic heterocycles. The van der Waals surface area contributed by atoms with Gasteiger partial charge in [-0.15, -0.1) is 0 Å². The van der Waals surface area contributed by atoms with Crippen LogP contribution in [0.2, 0.25) is 0 Å². The van der Waals surface area contributed by atoms with Crippen molar-refractivity contribution >= 4 is 5.91 Å². The lowest BCUT2D eigenvalue weighted by molar-refractivity contribution is 0.0154. The van der Waals surface area contributed by atoms with Gasteiger partial charge < -0.3 is 14.7 Å². The molecule has 0 saturated heterocycles. The summed E-state index contributed by atoms with van der Waals surface area (Å²) in [5.41, 5.74) is -0.929. The first-order valence-electron chi connectivity index (χ1n) is 6.77. The highest BCUT2D eigenvalue weighted by Crippen LogP contribution is 2.31. The molecule has 1 aliphatic carbocycles. The minimum absolute atomic E-state index is 0.0842. The molecule has 1 saturated carbocycles. The molecule has 1 aliphatic rings. The van der Waals surface area contributed by atoms with Crippen LogP contribution in [-0.2, 0) is 0 Å². The zero-order valence-corrected chi connectivity index (χ0v) is 11.9. The van der Waals surface area contributed by atoms with Crippen molar-refractivity contribution in [2.24, 2.45) is 0 Å². The molecule has 0 bridgehead atoms. The van der Waals surface area contributed by atoms with Gasteiger partial charge in [0.2, 0.25) is 0 Å². The van der Waals surface area contributed by atoms with Crippen molar-refractivity contribution in [2.75, 3.05) is 20.7 Å². The maximum absolute atomic E-state index is 13.9. The van der Waals surface area contributed by atoms with Crippen LogP contribution in [-0.4, -0.2) is 42.2 Å². The highest BCUT2D eigenvalue weighted by molar-refractivity contribution is 5.97. The Morgan fingerprint density at radius 3 is 2.70 bits per heavy atom. The molecule has 0 spiro atoms. The number of benzene rings is 1. The van der Waals surface area contributed by atoms with Gasteiger partial charge in [0.25, 0.3) is 5.91 Å². The molecule has 1 N–H and O–H groups in total. The van der Waals surface area contributed by atoms with Crippen molar-refractivity contribution in [1.29, 1.82) is 0 Å². The van der Waals surface area contributed by atoms with Crippen LogP contribution in [0.15, 0.2) is 18.2 Å². The average molecular weight is 281 g/mol. The topological polar surface area (TPSA) is 49.8 Å². The van der Waals surface area contributed by atoms with Gasteiger partial charge in [0.05, 0.1) is 12.7 Å². The van der Waals surface area contributed by atoms with Crippen molar-refractivity contribution < 1.29 is 19.0 Å². The van der Waals surface area contributed by atoms with Gasteiger partial charge in [-0.25, -0.2) is 4.39 Å². The molecule has 1 aromatic rings. The Bertz CT molecular complexity index is 498. The van der Waals surface area contributed by atoms with Gasteiger partial charge >= 0.3 is 0 Å². The fraction of sp³-hybridized carbons (Fsp3) is 0.533. The van der Waals surface area contributed by atoms with Gasteiger partial charge in [-0.2, -0.15) is 0 Å². The summed E-state index contributed by atoms with van der Waals surface area (Å²) < 4.78 is 18.9. The zero-order chi connectivity index (χ0) is 14.8. The zero-order valence-electron chi connectivity index (χ0n) is 11.9. The number of carbonyl (C=O) groups excluding carboxylic acids is 1. The number of carbonyl (C=O) groups is 1. The van der Waals surface area contributed by atoms with E-state index in [4.69, 9.17) is 4.74 Å². The van der Waals surface area contributed by atoms with E-state index in [0.29, 0.717) is 12.8 Å². The fourth-order valence-electron chi connectivity index (χ4n) is 2.78. The molecule has 110 valence electrons. The molecule has 1 amide bonds. The number of rotatable bonds is 4. The predicted molar refractivity (Wildman–Crippen MR) is 73.3 cm³/mol. The first kappa shape index (κ1) is 14.8. The minimum atomic E-state index is -0.844. The van der Waals surface area contributed by atoms with Gasteiger partial charge in [-0.3, -0.25) is 4.79 Å². The maximum atomic E-state index is 13.9. The van der Waals surface area contributed by atoms with Gasteiger partial charge in [-0.05, 0) is 25.0 Å². The molecular formula is C15H20FNO3. The highest BCUT2D eigenvalue weighted by Gasteiger charge is 2.34. The Labute approximate surface area is 118 Å². The van der Waals surface area contributed by atoms with E-state index >= 15 is 0 Å². The number of nitrogens with zero attached hydrogens (tertiary/aromatic N) is 1. The molecule has 4 nitrogen and oxygen atoms in total. The molecule has 5 heteroatoms. The molecule has 0 aliphatic heterocycles. The van der Waals surface area contributed by atoms with Crippen molar-refractivity contribution in [1.82, 2.24) is 4.90 Å². The average Bonchev–Trinajstić information content (AvgIpc) is 2.84. The third kappa shape index (κ3) is 2.93. The van der Waals surface area contributed by atoms with E-state index in [2.05, 4.69) is 0 Å². The van der Waals surface area contributed by atoms with Crippen molar-refractivity contribution in [3.63, 3.8) is 0 Å². The Hall–Kier alpha value is -1.62. The molecule has 2 rings (SSSR count). The second-order valence-corrected chi connectivity index (χ2v) is 5.41. The first-order chi connectivity index (χ1) is 9.47. The fourth-order valence-corrected chi connectivity index (χ4v) is 2.78. The number of hydrogen-bond donors (Lipinski definition) is 1. The summed E-state index contributed by atoms with van der Waals surface area (Å²) >= 11 is 0. The van der Waals surface area contributed by atoms with Crippen LogP contribution in [0.3, 0.4) is 0 Å². The minimum Gasteiger partial charge on any atom is -0.496 e. The van der Waals surface area contributed by atoms with Crippen LogP contribution >= 0.6 is 0 Å². The van der Waals surface area contributed by atoms with Crippen molar-refractivity contribution in [3.8, 4) is 5.75 Å². The number of amides is 1. The van der Waals surface area contributed by atoms with Crippen LogP contribution in [0.1, 0.15) is 36.0 Å². The Morgan fingerprint density at radius 2 is 2.10 bits per heavy atom. The van der Waals surface area contributed by atoms with Gasteiger partial charge in [0.15, 0.2) is 0 Å². The van der Waals surface area contributed by atoms with E-state index < -0.39 is 17.3 Å². The van der Waals surface area contributed by atoms with Crippen molar-refractivity contribution in [2.45, 2.75) is 31.3 Å². The molecule has 20 heavy (non-hydrogen) atoms. The van der Waals surface area contributed by atoms with E-state index in [1.807, 2.05) is 0 Å². The van der Waals surface area contributed by atoms with Gasteiger partial charge in [-0.1, -0.05) is 18.9 Å². The van der Waals surface area contributed by atoms with E-state index in [1.54, 1.807) is 13.1 Å². The number of halogens is 1. The Morgan fingerprint density at radius 1 is 1.45 bits per heavy atom. The summed E-state index contributed by atoms with van der Waals surface area (Å²) in [7, 11) is 2.97. The molecule has 1 fully saturated rings. The Kier molecular flexibility index (Phi) is 4.28. The summed E-state index contributed by atoms with van der Waals surface area (Å²) in [5, 5.41) is 10.3. The van der Waals surface area contributed by atoms with Crippen LogP contribution in [0.5, 0.6) is 5.75 Å². The lowest BCUT2D eigenvalue weighted by atomic mass is 10.0. The van der Waals surface area contributed by atoms with E-state index in [0.717, 1.165) is 12.8 Å². The van der Waals surface area contributed by atoms with E-state index in [1.165, 1.54) is 24.1 Å². The predicted octanol–water partition coefficient (Wildman–Crippen LogP) is 2.21. The first-order valence-corrected chi connectivity index (χ1v) is 6.77. The molecule has 0 atom stereocenters.